The summed E-state index contributed by atoms with van der Waals surface area (Å²) in [6.07, 6.45) is 5.15. The SMILES string of the molecule is CCCCOc1ncccc1CNC(=O)c1ccc(Cl)nc1. The van der Waals surface area contributed by atoms with E-state index in [0.717, 1.165) is 18.4 Å². The van der Waals surface area contributed by atoms with E-state index in [1.807, 2.05) is 12.1 Å². The van der Waals surface area contributed by atoms with Crippen LogP contribution >= 0.6 is 11.6 Å². The molecule has 2 rings (SSSR count). The molecule has 0 atom stereocenters. The van der Waals surface area contributed by atoms with Crippen LogP contribution < -0.4 is 10.1 Å². The van der Waals surface area contributed by atoms with Crippen LogP contribution in [0.3, 0.4) is 0 Å². The van der Waals surface area contributed by atoms with Crippen LogP contribution in [0.5, 0.6) is 5.88 Å². The Morgan fingerprint density at radius 2 is 2.18 bits per heavy atom. The Morgan fingerprint density at radius 3 is 2.91 bits per heavy atom. The molecule has 6 heteroatoms. The van der Waals surface area contributed by atoms with E-state index in [1.54, 1.807) is 18.3 Å². The zero-order valence-electron chi connectivity index (χ0n) is 12.4. The standard InChI is InChI=1S/C16H18ClN3O2/c1-2-3-9-22-16-13(5-4-8-18-16)11-20-15(21)12-6-7-14(17)19-10-12/h4-8,10H,2-3,9,11H2,1H3,(H,20,21). The monoisotopic (exact) mass is 319 g/mol. The van der Waals surface area contributed by atoms with E-state index < -0.39 is 0 Å². The van der Waals surface area contributed by atoms with E-state index in [9.17, 15) is 4.79 Å². The molecule has 1 amide bonds. The molecule has 116 valence electrons. The molecule has 0 saturated heterocycles. The predicted octanol–water partition coefficient (Wildman–Crippen LogP) is 3.24. The van der Waals surface area contributed by atoms with E-state index in [1.165, 1.54) is 6.20 Å². The Labute approximate surface area is 134 Å². The molecular formula is C16H18ClN3O2. The van der Waals surface area contributed by atoms with Gasteiger partial charge in [-0.2, -0.15) is 0 Å². The van der Waals surface area contributed by atoms with Crippen LogP contribution in [0.15, 0.2) is 36.7 Å². The summed E-state index contributed by atoms with van der Waals surface area (Å²) in [6, 6.07) is 6.92. The predicted molar refractivity (Wildman–Crippen MR) is 85.1 cm³/mol. The summed E-state index contributed by atoms with van der Waals surface area (Å²) < 4.78 is 5.64. The highest BCUT2D eigenvalue weighted by molar-refractivity contribution is 6.29. The van der Waals surface area contributed by atoms with Crippen molar-refractivity contribution in [3.63, 3.8) is 0 Å². The highest BCUT2D eigenvalue weighted by Gasteiger charge is 2.09. The first-order valence-electron chi connectivity index (χ1n) is 7.17. The van der Waals surface area contributed by atoms with Gasteiger partial charge >= 0.3 is 0 Å². The summed E-state index contributed by atoms with van der Waals surface area (Å²) in [5.41, 5.74) is 1.30. The molecule has 2 heterocycles. The van der Waals surface area contributed by atoms with Gasteiger partial charge in [-0.3, -0.25) is 4.79 Å². The van der Waals surface area contributed by atoms with Gasteiger partial charge in [-0.25, -0.2) is 9.97 Å². The van der Waals surface area contributed by atoms with Gasteiger partial charge < -0.3 is 10.1 Å². The molecule has 2 aromatic heterocycles. The van der Waals surface area contributed by atoms with Crippen LogP contribution in [-0.2, 0) is 6.54 Å². The van der Waals surface area contributed by atoms with Crippen molar-refractivity contribution >= 4 is 17.5 Å². The molecule has 1 N–H and O–H groups in total. The van der Waals surface area contributed by atoms with Gasteiger partial charge in [0.15, 0.2) is 0 Å². The summed E-state index contributed by atoms with van der Waals surface area (Å²) in [5, 5.41) is 3.18. The van der Waals surface area contributed by atoms with Gasteiger partial charge in [0.1, 0.15) is 5.15 Å². The van der Waals surface area contributed by atoms with Crippen LogP contribution in [0.1, 0.15) is 35.7 Å². The van der Waals surface area contributed by atoms with Gasteiger partial charge in [-0.1, -0.05) is 31.0 Å². The number of nitrogens with zero attached hydrogens (tertiary/aromatic N) is 2. The zero-order valence-corrected chi connectivity index (χ0v) is 13.1. The van der Waals surface area contributed by atoms with Gasteiger partial charge in [0.25, 0.3) is 5.91 Å². The van der Waals surface area contributed by atoms with Crippen molar-refractivity contribution in [1.82, 2.24) is 15.3 Å². The van der Waals surface area contributed by atoms with Crippen molar-refractivity contribution < 1.29 is 9.53 Å². The third-order valence-electron chi connectivity index (χ3n) is 3.02. The number of unbranched alkanes of at least 4 members (excludes halogenated alkanes) is 1. The maximum atomic E-state index is 12.0. The van der Waals surface area contributed by atoms with Crippen LogP contribution in [0.2, 0.25) is 5.15 Å². The first kappa shape index (κ1) is 16.2. The zero-order chi connectivity index (χ0) is 15.8. The van der Waals surface area contributed by atoms with Crippen LogP contribution in [0.4, 0.5) is 0 Å². The molecule has 0 aromatic carbocycles. The highest BCUT2D eigenvalue weighted by atomic mass is 35.5. The molecule has 0 radical (unpaired) electrons. The van der Waals surface area contributed by atoms with Crippen LogP contribution in [0.25, 0.3) is 0 Å². The van der Waals surface area contributed by atoms with Gasteiger partial charge in [-0.05, 0) is 24.6 Å². The second-order valence-corrected chi connectivity index (χ2v) is 5.11. The largest absolute Gasteiger partial charge is 0.477 e. The Bertz CT molecular complexity index is 617. The fourth-order valence-corrected chi connectivity index (χ4v) is 1.90. The number of rotatable bonds is 7. The molecule has 2 aromatic rings. The summed E-state index contributed by atoms with van der Waals surface area (Å²) in [5.74, 6) is 0.345. The minimum Gasteiger partial charge on any atom is -0.477 e. The van der Waals surface area contributed by atoms with Gasteiger partial charge in [-0.15, -0.1) is 0 Å². The summed E-state index contributed by atoms with van der Waals surface area (Å²) in [6.45, 7) is 3.06. The number of hydrogen-bond acceptors (Lipinski definition) is 4. The van der Waals surface area contributed by atoms with Crippen molar-refractivity contribution in [3.05, 3.63) is 52.9 Å². The first-order valence-corrected chi connectivity index (χ1v) is 7.55. The quantitative estimate of drug-likeness (QED) is 0.628. The van der Waals surface area contributed by atoms with Crippen molar-refractivity contribution in [1.29, 1.82) is 0 Å². The van der Waals surface area contributed by atoms with E-state index in [2.05, 4.69) is 22.2 Å². The Hall–Kier alpha value is -2.14. The maximum Gasteiger partial charge on any atom is 0.253 e. The average Bonchev–Trinajstić information content (AvgIpc) is 2.54. The molecule has 0 aliphatic carbocycles. The molecule has 0 fully saturated rings. The molecule has 0 spiro atoms. The summed E-state index contributed by atoms with van der Waals surface area (Å²) in [7, 11) is 0. The third kappa shape index (κ3) is 4.70. The van der Waals surface area contributed by atoms with Crippen molar-refractivity contribution in [2.45, 2.75) is 26.3 Å². The van der Waals surface area contributed by atoms with Gasteiger partial charge in [0, 0.05) is 24.5 Å². The average molecular weight is 320 g/mol. The molecule has 22 heavy (non-hydrogen) atoms. The van der Waals surface area contributed by atoms with Crippen LogP contribution in [0, 0.1) is 0 Å². The maximum absolute atomic E-state index is 12.0. The topological polar surface area (TPSA) is 64.1 Å². The number of nitrogens with one attached hydrogen (secondary N) is 1. The van der Waals surface area contributed by atoms with E-state index in [0.29, 0.717) is 29.7 Å². The minimum atomic E-state index is -0.215. The Balaban J connectivity index is 1.96. The number of carbonyl (C=O) groups excluding carboxylic acids is 1. The lowest BCUT2D eigenvalue weighted by Gasteiger charge is -2.10. The van der Waals surface area contributed by atoms with Crippen molar-refractivity contribution in [3.8, 4) is 5.88 Å². The molecular weight excluding hydrogens is 302 g/mol. The lowest BCUT2D eigenvalue weighted by Crippen LogP contribution is -2.23. The first-order chi connectivity index (χ1) is 10.7. The number of carbonyl (C=O) groups is 1. The molecule has 0 saturated carbocycles. The fourth-order valence-electron chi connectivity index (χ4n) is 1.79. The summed E-state index contributed by atoms with van der Waals surface area (Å²) >= 11 is 5.70. The second kappa shape index (κ2) is 8.34. The number of hydrogen-bond donors (Lipinski definition) is 1. The summed E-state index contributed by atoms with van der Waals surface area (Å²) in [4.78, 5) is 20.1. The highest BCUT2D eigenvalue weighted by Crippen LogP contribution is 2.15. The second-order valence-electron chi connectivity index (χ2n) is 4.72. The van der Waals surface area contributed by atoms with Gasteiger partial charge in [0.2, 0.25) is 5.88 Å². The molecule has 0 bridgehead atoms. The normalized spacial score (nSPS) is 10.3. The lowest BCUT2D eigenvalue weighted by molar-refractivity contribution is 0.0950. The third-order valence-corrected chi connectivity index (χ3v) is 3.24. The molecule has 0 unspecified atom stereocenters. The van der Waals surface area contributed by atoms with Gasteiger partial charge in [0.05, 0.1) is 12.2 Å². The molecule has 5 nitrogen and oxygen atoms in total. The van der Waals surface area contributed by atoms with E-state index in [4.69, 9.17) is 16.3 Å². The van der Waals surface area contributed by atoms with Crippen molar-refractivity contribution in [2.75, 3.05) is 6.61 Å². The van der Waals surface area contributed by atoms with Crippen molar-refractivity contribution in [2.24, 2.45) is 0 Å². The number of halogens is 1. The number of aromatic nitrogens is 2. The molecule has 0 aliphatic rings. The Kier molecular flexibility index (Phi) is 6.15. The van der Waals surface area contributed by atoms with E-state index in [-0.39, 0.29) is 5.91 Å². The smallest absolute Gasteiger partial charge is 0.253 e. The Morgan fingerprint density at radius 1 is 1.32 bits per heavy atom. The van der Waals surface area contributed by atoms with Crippen LogP contribution in [-0.4, -0.2) is 22.5 Å². The number of ether oxygens (including phenoxy) is 1. The molecule has 0 aliphatic heterocycles. The number of pyridine rings is 2. The number of amides is 1. The van der Waals surface area contributed by atoms with E-state index >= 15 is 0 Å². The fraction of sp³-hybridized carbons (Fsp3) is 0.312. The lowest BCUT2D eigenvalue weighted by atomic mass is 10.2. The minimum absolute atomic E-state index is 0.215.